The van der Waals surface area contributed by atoms with Crippen molar-refractivity contribution in [3.05, 3.63) is 24.3 Å². The van der Waals surface area contributed by atoms with Crippen LogP contribution < -0.4 is 10.9 Å². The first-order chi connectivity index (χ1) is 6.84. The summed E-state index contributed by atoms with van der Waals surface area (Å²) in [6, 6.07) is 5.41. The van der Waals surface area contributed by atoms with Crippen LogP contribution in [-0.2, 0) is 14.9 Å². The number of anilines is 1. The average Bonchev–Trinajstić information content (AvgIpc) is 2.15. The second-order valence-electron chi connectivity index (χ2n) is 2.83. The standard InChI is InChI=1S/C8H10N2O4S/c1-6(11)10(9)7-4-2-3-5-8(7)15(12,13)14/h2-5H,9H2,1H3,(H,12,13,14). The van der Waals surface area contributed by atoms with Crippen LogP contribution in [0.5, 0.6) is 0 Å². The molecule has 0 atom stereocenters. The van der Waals surface area contributed by atoms with Crippen molar-refractivity contribution in [3.8, 4) is 0 Å². The van der Waals surface area contributed by atoms with Gasteiger partial charge in [-0.3, -0.25) is 9.35 Å². The highest BCUT2D eigenvalue weighted by Gasteiger charge is 2.19. The van der Waals surface area contributed by atoms with Crippen LogP contribution in [0.3, 0.4) is 0 Å². The molecule has 3 N–H and O–H groups in total. The normalized spacial score (nSPS) is 11.1. The van der Waals surface area contributed by atoms with E-state index in [0.717, 1.165) is 6.07 Å². The average molecular weight is 230 g/mol. The number of carbonyl (C=O) groups excluding carboxylic acids is 1. The van der Waals surface area contributed by atoms with E-state index in [1.54, 1.807) is 0 Å². The fourth-order valence-electron chi connectivity index (χ4n) is 1.04. The van der Waals surface area contributed by atoms with Crippen LogP contribution in [0.15, 0.2) is 29.2 Å². The Morgan fingerprint density at radius 3 is 2.40 bits per heavy atom. The van der Waals surface area contributed by atoms with Gasteiger partial charge >= 0.3 is 0 Å². The van der Waals surface area contributed by atoms with Crippen molar-refractivity contribution in [1.29, 1.82) is 0 Å². The molecule has 1 amide bonds. The van der Waals surface area contributed by atoms with Gasteiger partial charge in [0, 0.05) is 6.92 Å². The third kappa shape index (κ3) is 2.52. The number of benzene rings is 1. The predicted octanol–water partition coefficient (Wildman–Crippen LogP) is 0.160. The minimum absolute atomic E-state index is 0.0625. The largest absolute Gasteiger partial charge is 0.296 e. The van der Waals surface area contributed by atoms with Crippen LogP contribution >= 0.6 is 0 Å². The highest BCUT2D eigenvalue weighted by Crippen LogP contribution is 2.22. The summed E-state index contributed by atoms with van der Waals surface area (Å²) in [6.45, 7) is 1.18. The van der Waals surface area contributed by atoms with Crippen LogP contribution in [-0.4, -0.2) is 18.9 Å². The van der Waals surface area contributed by atoms with Gasteiger partial charge < -0.3 is 0 Å². The molecule has 0 aliphatic heterocycles. The van der Waals surface area contributed by atoms with Crippen LogP contribution in [0.2, 0.25) is 0 Å². The first kappa shape index (κ1) is 11.6. The smallest absolute Gasteiger partial charge is 0.282 e. The van der Waals surface area contributed by atoms with E-state index in [0.29, 0.717) is 5.01 Å². The van der Waals surface area contributed by atoms with E-state index in [9.17, 15) is 13.2 Å². The van der Waals surface area contributed by atoms with Crippen molar-refractivity contribution in [1.82, 2.24) is 0 Å². The zero-order valence-electron chi connectivity index (χ0n) is 7.91. The van der Waals surface area contributed by atoms with Gasteiger partial charge in [-0.15, -0.1) is 0 Å². The molecule has 6 nitrogen and oxygen atoms in total. The maximum atomic E-state index is 10.9. The SMILES string of the molecule is CC(=O)N(N)c1ccccc1S(=O)(=O)O. The second-order valence-corrected chi connectivity index (χ2v) is 4.22. The molecule has 0 radical (unpaired) electrons. The Labute approximate surface area is 87.0 Å². The number of amides is 1. The molecule has 0 fully saturated rings. The van der Waals surface area contributed by atoms with Crippen molar-refractivity contribution >= 4 is 21.7 Å². The first-order valence-electron chi connectivity index (χ1n) is 3.96. The Hall–Kier alpha value is -1.44. The predicted molar refractivity (Wildman–Crippen MR) is 53.6 cm³/mol. The van der Waals surface area contributed by atoms with Crippen molar-refractivity contribution in [3.63, 3.8) is 0 Å². The highest BCUT2D eigenvalue weighted by atomic mass is 32.2. The third-order valence-corrected chi connectivity index (χ3v) is 2.64. The second kappa shape index (κ2) is 3.97. The molecule has 0 aromatic heterocycles. The van der Waals surface area contributed by atoms with E-state index in [2.05, 4.69) is 0 Å². The molecule has 1 aromatic carbocycles. The molecule has 82 valence electrons. The van der Waals surface area contributed by atoms with Crippen LogP contribution in [0.1, 0.15) is 6.92 Å². The van der Waals surface area contributed by atoms with Crippen molar-refractivity contribution < 1.29 is 17.8 Å². The number of hydrogen-bond acceptors (Lipinski definition) is 4. The maximum Gasteiger partial charge on any atom is 0.296 e. The summed E-state index contributed by atoms with van der Waals surface area (Å²) < 4.78 is 30.8. The molecule has 1 rings (SSSR count). The Kier molecular flexibility index (Phi) is 3.08. The molecule has 0 saturated heterocycles. The molecule has 0 spiro atoms. The van der Waals surface area contributed by atoms with E-state index in [4.69, 9.17) is 10.4 Å². The molecule has 0 heterocycles. The fourth-order valence-corrected chi connectivity index (χ4v) is 1.73. The molecule has 7 heteroatoms. The third-order valence-electron chi connectivity index (χ3n) is 1.74. The highest BCUT2D eigenvalue weighted by molar-refractivity contribution is 7.86. The Morgan fingerprint density at radius 2 is 1.93 bits per heavy atom. The number of nitrogens with zero attached hydrogens (tertiary/aromatic N) is 1. The molecule has 0 saturated carbocycles. The minimum atomic E-state index is -4.39. The minimum Gasteiger partial charge on any atom is -0.282 e. The molecule has 0 unspecified atom stereocenters. The van der Waals surface area contributed by atoms with Gasteiger partial charge in [-0.25, -0.2) is 10.9 Å². The molecule has 0 bridgehead atoms. The maximum absolute atomic E-state index is 10.9. The van der Waals surface area contributed by atoms with Gasteiger partial charge in [-0.1, -0.05) is 12.1 Å². The van der Waals surface area contributed by atoms with Crippen LogP contribution in [0.25, 0.3) is 0 Å². The summed E-state index contributed by atoms with van der Waals surface area (Å²) in [5.74, 6) is 4.81. The monoisotopic (exact) mass is 230 g/mol. The topological polar surface area (TPSA) is 101 Å². The summed E-state index contributed by atoms with van der Waals surface area (Å²) in [6.07, 6.45) is 0. The summed E-state index contributed by atoms with van der Waals surface area (Å²) in [5, 5.41) is 0.656. The van der Waals surface area contributed by atoms with E-state index in [1.165, 1.54) is 25.1 Å². The molecular formula is C8H10N2O4S. The van der Waals surface area contributed by atoms with E-state index < -0.39 is 20.9 Å². The van der Waals surface area contributed by atoms with Crippen molar-refractivity contribution in [2.75, 3.05) is 5.01 Å². The quantitative estimate of drug-likeness (QED) is 0.326. The van der Waals surface area contributed by atoms with E-state index >= 15 is 0 Å². The van der Waals surface area contributed by atoms with Gasteiger partial charge in [0.05, 0.1) is 5.69 Å². The van der Waals surface area contributed by atoms with Crippen molar-refractivity contribution in [2.45, 2.75) is 11.8 Å². The molecule has 0 aliphatic carbocycles. The lowest BCUT2D eigenvalue weighted by Crippen LogP contribution is -2.36. The number of rotatable bonds is 2. The molecule has 15 heavy (non-hydrogen) atoms. The zero-order valence-corrected chi connectivity index (χ0v) is 8.73. The molecule has 0 aliphatic rings. The Morgan fingerprint density at radius 1 is 1.40 bits per heavy atom. The lowest BCUT2D eigenvalue weighted by Gasteiger charge is -2.16. The number of carbonyl (C=O) groups is 1. The van der Waals surface area contributed by atoms with Gasteiger partial charge in [0.25, 0.3) is 10.1 Å². The summed E-state index contributed by atoms with van der Waals surface area (Å²) in [7, 11) is -4.39. The van der Waals surface area contributed by atoms with Gasteiger partial charge in [-0.2, -0.15) is 8.42 Å². The number of para-hydroxylation sites is 1. The first-order valence-corrected chi connectivity index (χ1v) is 5.40. The number of hydrogen-bond donors (Lipinski definition) is 2. The van der Waals surface area contributed by atoms with E-state index in [-0.39, 0.29) is 5.69 Å². The van der Waals surface area contributed by atoms with Gasteiger partial charge in [0.2, 0.25) is 5.91 Å². The fraction of sp³-hybridized carbons (Fsp3) is 0.125. The zero-order chi connectivity index (χ0) is 11.6. The Balaban J connectivity index is 3.37. The van der Waals surface area contributed by atoms with Gasteiger partial charge in [0.1, 0.15) is 4.90 Å². The summed E-state index contributed by atoms with van der Waals surface area (Å²) >= 11 is 0. The van der Waals surface area contributed by atoms with Crippen molar-refractivity contribution in [2.24, 2.45) is 5.84 Å². The number of nitrogens with two attached hydrogens (primary N) is 1. The summed E-state index contributed by atoms with van der Waals surface area (Å²) in [4.78, 5) is 10.5. The molecular weight excluding hydrogens is 220 g/mol. The van der Waals surface area contributed by atoms with Crippen LogP contribution in [0, 0.1) is 0 Å². The van der Waals surface area contributed by atoms with E-state index in [1.807, 2.05) is 0 Å². The van der Waals surface area contributed by atoms with Gasteiger partial charge in [0.15, 0.2) is 0 Å². The Bertz CT molecular complexity index is 483. The number of hydrazine groups is 1. The van der Waals surface area contributed by atoms with Crippen LogP contribution in [0.4, 0.5) is 5.69 Å². The lowest BCUT2D eigenvalue weighted by molar-refractivity contribution is -0.116. The lowest BCUT2D eigenvalue weighted by atomic mass is 10.3. The van der Waals surface area contributed by atoms with Gasteiger partial charge in [-0.05, 0) is 12.1 Å². The molecule has 1 aromatic rings. The summed E-state index contributed by atoms with van der Waals surface area (Å²) in [5.41, 5.74) is -0.0625.